The molecule has 1 saturated heterocycles. The third kappa shape index (κ3) is 8.82. The molecule has 24 heavy (non-hydrogen) atoms. The standard InChI is InChI=1S/C18H27NO4S/c1-22-17(21)12-8-6-4-2-3-5-7-11-16(15-20)23-18(24)19-13-9-10-14-19/h2,4-5,7,15-16H,3,6,8-14H2,1H3/b4-2-,7-5-/t16-/m1/s1. The maximum atomic E-state index is 11.1. The van der Waals surface area contributed by atoms with E-state index in [1.807, 2.05) is 29.2 Å². The molecule has 1 atom stereocenters. The number of nitrogens with zero attached hydrogens (tertiary/aromatic N) is 1. The summed E-state index contributed by atoms with van der Waals surface area (Å²) in [4.78, 5) is 24.0. The number of thiocarbonyl (C=S) groups is 1. The smallest absolute Gasteiger partial charge is 0.305 e. The highest BCUT2D eigenvalue weighted by molar-refractivity contribution is 7.80. The van der Waals surface area contributed by atoms with Gasteiger partial charge in [-0.3, -0.25) is 9.59 Å². The van der Waals surface area contributed by atoms with E-state index >= 15 is 0 Å². The summed E-state index contributed by atoms with van der Waals surface area (Å²) in [5.74, 6) is -0.171. The minimum absolute atomic E-state index is 0.171. The zero-order chi connectivity index (χ0) is 17.6. The number of unbranched alkanes of at least 4 members (excludes halogenated alkanes) is 1. The Morgan fingerprint density at radius 2 is 1.92 bits per heavy atom. The SMILES string of the molecule is COC(=O)CCC/C=C\C/C=C\C[C@H](C=O)OC(=S)N1CCCC1. The second kappa shape index (κ2) is 12.7. The van der Waals surface area contributed by atoms with Crippen LogP contribution < -0.4 is 0 Å². The van der Waals surface area contributed by atoms with Crippen LogP contribution >= 0.6 is 12.2 Å². The molecule has 1 aliphatic rings. The highest BCUT2D eigenvalue weighted by Crippen LogP contribution is 2.11. The molecule has 0 aliphatic carbocycles. The van der Waals surface area contributed by atoms with Gasteiger partial charge >= 0.3 is 5.97 Å². The van der Waals surface area contributed by atoms with Gasteiger partial charge in [-0.2, -0.15) is 0 Å². The molecule has 1 aliphatic heterocycles. The molecule has 0 unspecified atom stereocenters. The number of carbonyl (C=O) groups excluding carboxylic acids is 2. The molecule has 0 amide bonds. The van der Waals surface area contributed by atoms with Gasteiger partial charge in [-0.15, -0.1) is 0 Å². The Morgan fingerprint density at radius 1 is 1.21 bits per heavy atom. The summed E-state index contributed by atoms with van der Waals surface area (Å²) in [7, 11) is 1.40. The number of allylic oxidation sites excluding steroid dienone is 3. The van der Waals surface area contributed by atoms with Crippen molar-refractivity contribution in [2.45, 2.75) is 51.0 Å². The quantitative estimate of drug-likeness (QED) is 0.198. The van der Waals surface area contributed by atoms with E-state index in [0.717, 1.165) is 51.5 Å². The minimum Gasteiger partial charge on any atom is -0.469 e. The predicted molar refractivity (Wildman–Crippen MR) is 97.7 cm³/mol. The summed E-state index contributed by atoms with van der Waals surface area (Å²) >= 11 is 5.22. The number of likely N-dealkylation sites (tertiary alicyclic amines) is 1. The third-order valence-electron chi connectivity index (χ3n) is 3.72. The normalized spacial score (nSPS) is 15.8. The van der Waals surface area contributed by atoms with Crippen LogP contribution in [-0.2, 0) is 19.1 Å². The van der Waals surface area contributed by atoms with Gasteiger partial charge < -0.3 is 14.4 Å². The number of hydrogen-bond acceptors (Lipinski definition) is 5. The highest BCUT2D eigenvalue weighted by atomic mass is 32.1. The summed E-state index contributed by atoms with van der Waals surface area (Å²) in [6.07, 6.45) is 14.0. The molecule has 0 aromatic rings. The molecule has 134 valence electrons. The molecule has 0 saturated carbocycles. The minimum atomic E-state index is -0.515. The van der Waals surface area contributed by atoms with Crippen LogP contribution in [0.15, 0.2) is 24.3 Å². The van der Waals surface area contributed by atoms with Crippen molar-refractivity contribution in [3.8, 4) is 0 Å². The molecule has 1 fully saturated rings. The molecule has 0 radical (unpaired) electrons. The zero-order valence-electron chi connectivity index (χ0n) is 14.3. The van der Waals surface area contributed by atoms with Crippen LogP contribution in [0.1, 0.15) is 44.9 Å². The van der Waals surface area contributed by atoms with Crippen molar-refractivity contribution in [3.63, 3.8) is 0 Å². The van der Waals surface area contributed by atoms with Crippen molar-refractivity contribution in [2.75, 3.05) is 20.2 Å². The predicted octanol–water partition coefficient (Wildman–Crippen LogP) is 3.19. The second-order valence-corrected chi connectivity index (χ2v) is 5.98. The van der Waals surface area contributed by atoms with E-state index in [-0.39, 0.29) is 5.97 Å². The lowest BCUT2D eigenvalue weighted by Gasteiger charge is -2.21. The van der Waals surface area contributed by atoms with Crippen molar-refractivity contribution >= 4 is 29.6 Å². The highest BCUT2D eigenvalue weighted by Gasteiger charge is 2.18. The van der Waals surface area contributed by atoms with E-state index in [1.165, 1.54) is 7.11 Å². The van der Waals surface area contributed by atoms with E-state index in [1.54, 1.807) is 0 Å². The van der Waals surface area contributed by atoms with Gasteiger partial charge in [0.05, 0.1) is 7.11 Å². The topological polar surface area (TPSA) is 55.8 Å². The fraction of sp³-hybridized carbons (Fsp3) is 0.611. The fourth-order valence-electron chi connectivity index (χ4n) is 2.32. The van der Waals surface area contributed by atoms with E-state index in [4.69, 9.17) is 17.0 Å². The van der Waals surface area contributed by atoms with Crippen LogP contribution in [0.25, 0.3) is 0 Å². The van der Waals surface area contributed by atoms with Crippen molar-refractivity contribution in [3.05, 3.63) is 24.3 Å². The largest absolute Gasteiger partial charge is 0.469 e. The molecule has 0 spiro atoms. The Balaban J connectivity index is 2.13. The molecule has 6 heteroatoms. The molecule has 0 bridgehead atoms. The molecule has 1 heterocycles. The Hall–Kier alpha value is -1.69. The number of carbonyl (C=O) groups is 2. The van der Waals surface area contributed by atoms with E-state index < -0.39 is 6.10 Å². The van der Waals surface area contributed by atoms with Crippen LogP contribution in [0.5, 0.6) is 0 Å². The van der Waals surface area contributed by atoms with Crippen LogP contribution in [0, 0.1) is 0 Å². The van der Waals surface area contributed by atoms with Gasteiger partial charge in [0.15, 0.2) is 12.4 Å². The summed E-state index contributed by atoms with van der Waals surface area (Å²) in [5.41, 5.74) is 0. The third-order valence-corrected chi connectivity index (χ3v) is 4.08. The first-order valence-electron chi connectivity index (χ1n) is 8.45. The van der Waals surface area contributed by atoms with Crippen LogP contribution in [0.2, 0.25) is 0 Å². The van der Waals surface area contributed by atoms with Crippen LogP contribution in [-0.4, -0.2) is 48.6 Å². The first-order chi connectivity index (χ1) is 11.7. The number of hydrogen-bond donors (Lipinski definition) is 0. The van der Waals surface area contributed by atoms with E-state index in [9.17, 15) is 9.59 Å². The van der Waals surface area contributed by atoms with Gasteiger partial charge in [-0.1, -0.05) is 24.3 Å². The van der Waals surface area contributed by atoms with Gasteiger partial charge in [0, 0.05) is 25.9 Å². The van der Waals surface area contributed by atoms with Crippen molar-refractivity contribution < 1.29 is 19.1 Å². The number of methoxy groups -OCH3 is 1. The summed E-state index contributed by atoms with van der Waals surface area (Å²) in [6.45, 7) is 1.84. The number of esters is 1. The lowest BCUT2D eigenvalue weighted by Crippen LogP contribution is -2.32. The average Bonchev–Trinajstić information content (AvgIpc) is 3.13. The Kier molecular flexibility index (Phi) is 10.8. The van der Waals surface area contributed by atoms with Gasteiger partial charge in [0.25, 0.3) is 5.17 Å². The zero-order valence-corrected chi connectivity index (χ0v) is 15.1. The molecule has 0 aromatic carbocycles. The Bertz CT molecular complexity index is 456. The fourth-order valence-corrected chi connectivity index (χ4v) is 2.63. The first-order valence-corrected chi connectivity index (χ1v) is 8.86. The molecule has 0 N–H and O–H groups in total. The van der Waals surface area contributed by atoms with Crippen molar-refractivity contribution in [1.82, 2.24) is 4.90 Å². The number of aldehydes is 1. The maximum absolute atomic E-state index is 11.1. The summed E-state index contributed by atoms with van der Waals surface area (Å²) in [5, 5.41) is 0.434. The molecule has 0 aromatic heterocycles. The Labute approximate surface area is 149 Å². The number of rotatable bonds is 10. The van der Waals surface area contributed by atoms with Gasteiger partial charge in [0.1, 0.15) is 0 Å². The molecular formula is C18H27NO4S. The molecule has 5 nitrogen and oxygen atoms in total. The van der Waals surface area contributed by atoms with E-state index in [0.29, 0.717) is 18.0 Å². The van der Waals surface area contributed by atoms with Crippen molar-refractivity contribution in [1.29, 1.82) is 0 Å². The first kappa shape index (κ1) is 20.4. The Morgan fingerprint density at radius 3 is 2.58 bits per heavy atom. The van der Waals surface area contributed by atoms with E-state index in [2.05, 4.69) is 4.74 Å². The second-order valence-electron chi connectivity index (χ2n) is 5.64. The lowest BCUT2D eigenvalue weighted by molar-refractivity contribution is -0.140. The van der Waals surface area contributed by atoms with Gasteiger partial charge in [-0.25, -0.2) is 0 Å². The molecule has 1 rings (SSSR count). The monoisotopic (exact) mass is 353 g/mol. The lowest BCUT2D eigenvalue weighted by atomic mass is 10.2. The summed E-state index contributed by atoms with van der Waals surface area (Å²) in [6, 6.07) is 0. The van der Waals surface area contributed by atoms with Gasteiger partial charge in [0.2, 0.25) is 0 Å². The summed E-state index contributed by atoms with van der Waals surface area (Å²) < 4.78 is 10.1. The average molecular weight is 353 g/mol. The van der Waals surface area contributed by atoms with Crippen molar-refractivity contribution in [2.24, 2.45) is 0 Å². The maximum Gasteiger partial charge on any atom is 0.305 e. The van der Waals surface area contributed by atoms with Crippen LogP contribution in [0.4, 0.5) is 0 Å². The molecular weight excluding hydrogens is 326 g/mol. The van der Waals surface area contributed by atoms with Crippen LogP contribution in [0.3, 0.4) is 0 Å². The van der Waals surface area contributed by atoms with Gasteiger partial charge in [-0.05, 0) is 44.3 Å². The number of ether oxygens (including phenoxy) is 2.